The highest BCUT2D eigenvalue weighted by Crippen LogP contribution is 2.49. The Morgan fingerprint density at radius 1 is 0.604 bits per heavy atom. The fourth-order valence-electron chi connectivity index (χ4n) is 6.80. The van der Waals surface area contributed by atoms with Gasteiger partial charge in [0.15, 0.2) is 0 Å². The molecule has 4 aromatic rings. The van der Waals surface area contributed by atoms with Crippen molar-refractivity contribution in [2.45, 2.75) is 39.8 Å². The van der Waals surface area contributed by atoms with Gasteiger partial charge in [-0.15, -0.1) is 0 Å². The zero-order chi connectivity index (χ0) is 37.7. The molecule has 11 nitrogen and oxygen atoms in total. The van der Waals surface area contributed by atoms with Crippen molar-refractivity contribution in [1.82, 2.24) is 9.80 Å². The number of rotatable bonds is 17. The first kappa shape index (κ1) is 38.2. The van der Waals surface area contributed by atoms with Gasteiger partial charge in [-0.05, 0) is 72.5 Å². The monoisotopic (exact) mass is 716 g/mol. The third kappa shape index (κ3) is 9.44. The van der Waals surface area contributed by atoms with Crippen LogP contribution in [0.2, 0.25) is 0 Å². The Morgan fingerprint density at radius 3 is 1.38 bits per heavy atom. The molecule has 0 N–H and O–H groups in total. The molecule has 1 saturated carbocycles. The predicted molar refractivity (Wildman–Crippen MR) is 198 cm³/mol. The van der Waals surface area contributed by atoms with Crippen molar-refractivity contribution in [1.29, 1.82) is 0 Å². The number of hydrogen-bond acceptors (Lipinski definition) is 7. The van der Waals surface area contributed by atoms with Crippen LogP contribution in [0, 0.1) is 23.7 Å². The van der Waals surface area contributed by atoms with E-state index in [1.165, 1.54) is 7.11 Å². The minimum Gasteiger partial charge on any atom is -0.469 e. The second kappa shape index (κ2) is 18.4. The first-order valence-corrected chi connectivity index (χ1v) is 17.8. The van der Waals surface area contributed by atoms with Gasteiger partial charge in [0.2, 0.25) is 17.6 Å². The van der Waals surface area contributed by atoms with Gasteiger partial charge in [-0.25, -0.2) is 0 Å². The van der Waals surface area contributed by atoms with Gasteiger partial charge in [0.05, 0.1) is 30.8 Å². The molecule has 4 unspecified atom stereocenters. The Bertz CT molecular complexity index is 1900. The minimum atomic E-state index is -1.25. The molecule has 53 heavy (non-hydrogen) atoms. The number of ketones is 1. The molecule has 1 aliphatic rings. The van der Waals surface area contributed by atoms with E-state index in [0.717, 1.165) is 11.1 Å². The van der Waals surface area contributed by atoms with E-state index in [0.29, 0.717) is 55.1 Å². The molecule has 0 radical (unpaired) electrons. The number of hydrogen-bond donors (Lipinski definition) is 0. The summed E-state index contributed by atoms with van der Waals surface area (Å²) < 4.78 is 16.9. The van der Waals surface area contributed by atoms with E-state index in [4.69, 9.17) is 14.2 Å². The standard InChI is InChI=1S/C42H44N4O7/c1-4-24-45(27-29-16-20-33(21-17-29)52-31-12-8-6-9-13-31)40(48)37-36(35(47)26-44-43)39(42(50)51-3)38(37)41(49)46(25-5-2)28-30-18-22-34(23-19-30)53-32-14-10-7-11-15-32/h6-23,26,36-39H,4-5,24-25,27-28H2,1-3H3. The number of para-hydroxylation sites is 2. The average molecular weight is 717 g/mol. The average Bonchev–Trinajstić information content (AvgIpc) is 3.16. The van der Waals surface area contributed by atoms with Gasteiger partial charge in [0.25, 0.3) is 0 Å². The molecule has 0 heterocycles. The lowest BCUT2D eigenvalue weighted by molar-refractivity contribution is -0.182. The molecular weight excluding hydrogens is 672 g/mol. The van der Waals surface area contributed by atoms with Crippen LogP contribution in [0.3, 0.4) is 0 Å². The molecule has 4 aromatic carbocycles. The Kier molecular flexibility index (Phi) is 13.3. The largest absolute Gasteiger partial charge is 0.469 e. The second-order valence-electron chi connectivity index (χ2n) is 12.9. The van der Waals surface area contributed by atoms with Crippen LogP contribution in [-0.2, 0) is 37.0 Å². The van der Waals surface area contributed by atoms with Crippen molar-refractivity contribution in [2.75, 3.05) is 20.2 Å². The summed E-state index contributed by atoms with van der Waals surface area (Å²) in [5, 5.41) is 0. The normalized spacial score (nSPS) is 17.3. The van der Waals surface area contributed by atoms with E-state index in [2.05, 4.69) is 4.79 Å². The smallest absolute Gasteiger partial charge is 0.323 e. The van der Waals surface area contributed by atoms with Crippen LogP contribution in [0.5, 0.6) is 23.0 Å². The number of ether oxygens (including phenoxy) is 3. The zero-order valence-corrected chi connectivity index (χ0v) is 30.2. The Morgan fingerprint density at radius 2 is 1.00 bits per heavy atom. The fourth-order valence-corrected chi connectivity index (χ4v) is 6.80. The summed E-state index contributed by atoms with van der Waals surface area (Å²) in [7, 11) is 1.18. The lowest BCUT2D eigenvalue weighted by Crippen LogP contribution is -2.64. The molecule has 0 aromatic heterocycles. The van der Waals surface area contributed by atoms with Gasteiger partial charge >= 0.3 is 12.2 Å². The third-order valence-corrected chi connectivity index (χ3v) is 9.27. The summed E-state index contributed by atoms with van der Waals surface area (Å²) in [5.74, 6) is -4.62. The van der Waals surface area contributed by atoms with Crippen molar-refractivity contribution in [3.63, 3.8) is 0 Å². The van der Waals surface area contributed by atoms with Crippen molar-refractivity contribution in [3.8, 4) is 23.0 Å². The quantitative estimate of drug-likeness (QED) is 0.0498. The van der Waals surface area contributed by atoms with Gasteiger partial charge in [-0.3, -0.25) is 19.2 Å². The summed E-state index contributed by atoms with van der Waals surface area (Å²) in [4.78, 5) is 61.9. The molecule has 274 valence electrons. The van der Waals surface area contributed by atoms with E-state index >= 15 is 0 Å². The number of esters is 1. The first-order chi connectivity index (χ1) is 25.8. The molecule has 0 bridgehead atoms. The minimum absolute atomic E-state index is 0.198. The Hall–Kier alpha value is -6.06. The van der Waals surface area contributed by atoms with Crippen molar-refractivity contribution >= 4 is 29.8 Å². The van der Waals surface area contributed by atoms with Crippen LogP contribution in [0.15, 0.2) is 109 Å². The van der Waals surface area contributed by atoms with Gasteiger partial charge in [0, 0.05) is 26.2 Å². The lowest BCUT2D eigenvalue weighted by atomic mass is 9.54. The number of nitrogens with zero attached hydrogens (tertiary/aromatic N) is 4. The predicted octanol–water partition coefficient (Wildman–Crippen LogP) is 6.97. The molecule has 0 aliphatic heterocycles. The van der Waals surface area contributed by atoms with Crippen LogP contribution in [0.25, 0.3) is 5.53 Å². The van der Waals surface area contributed by atoms with Crippen molar-refractivity contribution in [3.05, 3.63) is 126 Å². The molecular formula is C42H44N4O7. The van der Waals surface area contributed by atoms with E-state index in [1.807, 2.05) is 123 Å². The highest BCUT2D eigenvalue weighted by Gasteiger charge is 2.65. The van der Waals surface area contributed by atoms with Gasteiger partial charge < -0.3 is 29.5 Å². The summed E-state index contributed by atoms with van der Waals surface area (Å²) in [6.45, 7) is 4.95. The summed E-state index contributed by atoms with van der Waals surface area (Å²) in [6.07, 6.45) is 1.90. The summed E-state index contributed by atoms with van der Waals surface area (Å²) in [6, 6.07) is 33.4. The van der Waals surface area contributed by atoms with E-state index in [1.54, 1.807) is 9.80 Å². The molecule has 5 rings (SSSR count). The van der Waals surface area contributed by atoms with E-state index in [-0.39, 0.29) is 13.1 Å². The number of Topliss-reactive ketones (excluding diaryl/α,β-unsaturated/α-hetero) is 1. The molecule has 11 heteroatoms. The Labute approximate surface area is 309 Å². The number of amides is 2. The van der Waals surface area contributed by atoms with Crippen molar-refractivity contribution in [2.24, 2.45) is 23.7 Å². The third-order valence-electron chi connectivity index (χ3n) is 9.27. The second-order valence-corrected chi connectivity index (χ2v) is 12.9. The first-order valence-electron chi connectivity index (χ1n) is 17.8. The summed E-state index contributed by atoms with van der Waals surface area (Å²) in [5.41, 5.74) is 10.9. The lowest BCUT2D eigenvalue weighted by Gasteiger charge is -2.49. The zero-order valence-electron chi connectivity index (χ0n) is 30.2. The van der Waals surface area contributed by atoms with Crippen LogP contribution >= 0.6 is 0 Å². The van der Waals surface area contributed by atoms with E-state index in [9.17, 15) is 24.7 Å². The topological polar surface area (TPSA) is 139 Å². The van der Waals surface area contributed by atoms with Crippen LogP contribution < -0.4 is 9.47 Å². The maximum absolute atomic E-state index is 14.5. The summed E-state index contributed by atoms with van der Waals surface area (Å²) >= 11 is 0. The van der Waals surface area contributed by atoms with Crippen LogP contribution in [0.1, 0.15) is 37.8 Å². The van der Waals surface area contributed by atoms with Gasteiger partial charge in [-0.1, -0.05) is 74.5 Å². The molecule has 2 amide bonds. The SMILES string of the molecule is CCCN(Cc1ccc(Oc2ccccc2)cc1)C(=O)C1C(C(=O)C=[N+]=[N-])C(C(=O)OC)C1C(=O)N(CCC)Cc1ccc(Oc2ccccc2)cc1. The number of carbonyl (C=O) groups excluding carboxylic acids is 4. The van der Waals surface area contributed by atoms with Gasteiger partial charge in [0.1, 0.15) is 23.0 Å². The number of benzene rings is 4. The number of carbonyl (C=O) groups is 4. The molecule has 0 spiro atoms. The van der Waals surface area contributed by atoms with Crippen LogP contribution in [0.4, 0.5) is 0 Å². The Balaban J connectivity index is 1.40. The molecule has 4 atom stereocenters. The number of methoxy groups -OCH3 is 1. The maximum Gasteiger partial charge on any atom is 0.323 e. The van der Waals surface area contributed by atoms with Crippen molar-refractivity contribution < 1.29 is 38.2 Å². The highest BCUT2D eigenvalue weighted by atomic mass is 16.5. The van der Waals surface area contributed by atoms with E-state index < -0.39 is 47.2 Å². The molecule has 0 saturated heterocycles. The molecule has 1 fully saturated rings. The maximum atomic E-state index is 14.5. The highest BCUT2D eigenvalue weighted by molar-refractivity contribution is 6.28. The van der Waals surface area contributed by atoms with Gasteiger partial charge in [-0.2, -0.15) is 4.79 Å². The molecule has 1 aliphatic carbocycles. The fraction of sp³-hybridized carbons (Fsp3) is 0.310. The van der Waals surface area contributed by atoms with Crippen LogP contribution in [-0.4, -0.2) is 64.6 Å².